The van der Waals surface area contributed by atoms with Crippen LogP contribution >= 0.6 is 22.6 Å². The van der Waals surface area contributed by atoms with Crippen molar-refractivity contribution in [3.8, 4) is 0 Å². The van der Waals surface area contributed by atoms with E-state index in [4.69, 9.17) is 0 Å². The fourth-order valence-electron chi connectivity index (χ4n) is 1.21. The Morgan fingerprint density at radius 3 is 2.30 bits per heavy atom. The second kappa shape index (κ2) is 2.53. The molecule has 2 unspecified atom stereocenters. The number of alkyl halides is 1. The van der Waals surface area contributed by atoms with Gasteiger partial charge in [-0.2, -0.15) is 0 Å². The quantitative estimate of drug-likeness (QED) is 0.526. The topological polar surface area (TPSA) is 0 Å². The molecule has 0 spiro atoms. The molecule has 1 aromatic carbocycles. The maximum Gasteiger partial charge on any atom is 0.0185 e. The Balaban J connectivity index is 2.20. The Morgan fingerprint density at radius 2 is 1.80 bits per heavy atom. The Labute approximate surface area is 74.8 Å². The van der Waals surface area contributed by atoms with Crippen molar-refractivity contribution < 1.29 is 0 Å². The lowest BCUT2D eigenvalue weighted by atomic mass is 10.1. The van der Waals surface area contributed by atoms with Gasteiger partial charge in [-0.25, -0.2) is 0 Å². The number of hydrogen-bond acceptors (Lipinski definition) is 0. The van der Waals surface area contributed by atoms with Gasteiger partial charge in [-0.3, -0.25) is 0 Å². The summed E-state index contributed by atoms with van der Waals surface area (Å²) >= 11 is 2.52. The van der Waals surface area contributed by atoms with Crippen molar-refractivity contribution in [2.45, 2.75) is 16.3 Å². The molecule has 1 aromatic rings. The van der Waals surface area contributed by atoms with Gasteiger partial charge in [0.2, 0.25) is 0 Å². The zero-order valence-electron chi connectivity index (χ0n) is 5.63. The maximum atomic E-state index is 2.52. The molecule has 0 N–H and O–H groups in total. The predicted octanol–water partition coefficient (Wildman–Crippen LogP) is 2.98. The fourth-order valence-corrected chi connectivity index (χ4v) is 2.17. The minimum atomic E-state index is 0.863. The van der Waals surface area contributed by atoms with Crippen LogP contribution in [0.5, 0.6) is 0 Å². The molecule has 1 aliphatic rings. The number of halogens is 1. The van der Waals surface area contributed by atoms with Gasteiger partial charge in [-0.15, -0.1) is 0 Å². The summed E-state index contributed by atoms with van der Waals surface area (Å²) in [5, 5.41) is 0. The highest BCUT2D eigenvalue weighted by Gasteiger charge is 2.35. The van der Waals surface area contributed by atoms with Gasteiger partial charge in [0.1, 0.15) is 0 Å². The first kappa shape index (κ1) is 6.65. The molecular weight excluding hydrogens is 235 g/mol. The minimum absolute atomic E-state index is 0.863. The Bertz CT molecular complexity index is 217. The number of rotatable bonds is 1. The van der Waals surface area contributed by atoms with Crippen LogP contribution in [0.3, 0.4) is 0 Å². The lowest BCUT2D eigenvalue weighted by Gasteiger charge is -1.93. The van der Waals surface area contributed by atoms with Crippen molar-refractivity contribution in [1.29, 1.82) is 0 Å². The fraction of sp³-hybridized carbons (Fsp3) is 0.333. The maximum absolute atomic E-state index is 2.52. The molecule has 1 heteroatoms. The molecule has 0 saturated heterocycles. The van der Waals surface area contributed by atoms with Crippen molar-refractivity contribution in [3.05, 3.63) is 35.9 Å². The average molecular weight is 244 g/mol. The molecule has 52 valence electrons. The third-order valence-electron chi connectivity index (χ3n) is 1.94. The van der Waals surface area contributed by atoms with E-state index in [0.717, 1.165) is 9.84 Å². The molecule has 1 saturated carbocycles. The van der Waals surface area contributed by atoms with Gasteiger partial charge in [0, 0.05) is 3.92 Å². The van der Waals surface area contributed by atoms with Crippen molar-refractivity contribution in [2.24, 2.45) is 0 Å². The summed E-state index contributed by atoms with van der Waals surface area (Å²) in [7, 11) is 0. The van der Waals surface area contributed by atoms with Crippen LogP contribution in [0, 0.1) is 0 Å². The highest BCUT2D eigenvalue weighted by molar-refractivity contribution is 14.1. The first-order valence-electron chi connectivity index (χ1n) is 3.57. The summed E-state index contributed by atoms with van der Waals surface area (Å²) in [5.74, 6) is 0.863. The van der Waals surface area contributed by atoms with Gasteiger partial charge in [0.25, 0.3) is 0 Å². The van der Waals surface area contributed by atoms with E-state index >= 15 is 0 Å². The molecule has 1 aliphatic carbocycles. The zero-order valence-corrected chi connectivity index (χ0v) is 7.78. The van der Waals surface area contributed by atoms with E-state index in [9.17, 15) is 0 Å². The lowest BCUT2D eigenvalue weighted by Crippen LogP contribution is -1.78. The van der Waals surface area contributed by atoms with Crippen LogP contribution in [0.25, 0.3) is 0 Å². The summed E-state index contributed by atoms with van der Waals surface area (Å²) < 4.78 is 0.903. The van der Waals surface area contributed by atoms with Crippen LogP contribution in [0.1, 0.15) is 17.9 Å². The highest BCUT2D eigenvalue weighted by atomic mass is 127. The third-order valence-corrected chi connectivity index (χ3v) is 3.32. The van der Waals surface area contributed by atoms with Gasteiger partial charge in [0.15, 0.2) is 0 Å². The van der Waals surface area contributed by atoms with E-state index in [2.05, 4.69) is 52.9 Å². The Morgan fingerprint density at radius 1 is 1.20 bits per heavy atom. The molecule has 0 heterocycles. The molecule has 0 nitrogen and oxygen atoms in total. The van der Waals surface area contributed by atoms with E-state index < -0.39 is 0 Å². The standard InChI is InChI=1S/C9H9I/c10-9-6-8(9)7-4-2-1-3-5-7/h1-5,8-9H,6H2. The van der Waals surface area contributed by atoms with Gasteiger partial charge >= 0.3 is 0 Å². The molecule has 0 aromatic heterocycles. The van der Waals surface area contributed by atoms with E-state index in [-0.39, 0.29) is 0 Å². The van der Waals surface area contributed by atoms with E-state index in [1.54, 1.807) is 0 Å². The Kier molecular flexibility index (Phi) is 1.68. The van der Waals surface area contributed by atoms with Crippen LogP contribution in [-0.2, 0) is 0 Å². The number of benzene rings is 1. The van der Waals surface area contributed by atoms with Crippen molar-refractivity contribution >= 4 is 22.6 Å². The van der Waals surface area contributed by atoms with Crippen LogP contribution in [0.15, 0.2) is 30.3 Å². The smallest absolute Gasteiger partial charge is 0.0185 e. The molecular formula is C9H9I. The summed E-state index contributed by atoms with van der Waals surface area (Å²) in [6.45, 7) is 0. The minimum Gasteiger partial charge on any atom is -0.0819 e. The van der Waals surface area contributed by atoms with Gasteiger partial charge in [-0.05, 0) is 17.9 Å². The molecule has 0 radical (unpaired) electrons. The van der Waals surface area contributed by atoms with Crippen LogP contribution in [0.4, 0.5) is 0 Å². The monoisotopic (exact) mass is 244 g/mol. The highest BCUT2D eigenvalue weighted by Crippen LogP contribution is 2.46. The summed E-state index contributed by atoms with van der Waals surface area (Å²) in [5.41, 5.74) is 1.52. The molecule has 0 amide bonds. The summed E-state index contributed by atoms with van der Waals surface area (Å²) in [6.07, 6.45) is 1.38. The first-order chi connectivity index (χ1) is 4.88. The second-order valence-electron chi connectivity index (χ2n) is 2.77. The van der Waals surface area contributed by atoms with Gasteiger partial charge in [-0.1, -0.05) is 52.9 Å². The van der Waals surface area contributed by atoms with Gasteiger partial charge in [0.05, 0.1) is 0 Å². The van der Waals surface area contributed by atoms with Crippen LogP contribution in [-0.4, -0.2) is 3.92 Å². The van der Waals surface area contributed by atoms with Crippen LogP contribution < -0.4 is 0 Å². The molecule has 2 atom stereocenters. The van der Waals surface area contributed by atoms with Crippen molar-refractivity contribution in [1.82, 2.24) is 0 Å². The van der Waals surface area contributed by atoms with E-state index in [1.807, 2.05) is 0 Å². The number of hydrogen-bond donors (Lipinski definition) is 0. The van der Waals surface area contributed by atoms with Gasteiger partial charge < -0.3 is 0 Å². The normalized spacial score (nSPS) is 30.1. The molecule has 1 fully saturated rings. The average Bonchev–Trinajstić information content (AvgIpc) is 2.69. The first-order valence-corrected chi connectivity index (χ1v) is 4.81. The van der Waals surface area contributed by atoms with Crippen molar-refractivity contribution in [3.63, 3.8) is 0 Å². The molecule has 2 rings (SSSR count). The third kappa shape index (κ3) is 1.19. The molecule has 10 heavy (non-hydrogen) atoms. The predicted molar refractivity (Wildman–Crippen MR) is 51.6 cm³/mol. The SMILES string of the molecule is IC1CC1c1ccccc1. The van der Waals surface area contributed by atoms with Crippen LogP contribution in [0.2, 0.25) is 0 Å². The lowest BCUT2D eigenvalue weighted by molar-refractivity contribution is 1.14. The van der Waals surface area contributed by atoms with Crippen molar-refractivity contribution in [2.75, 3.05) is 0 Å². The largest absolute Gasteiger partial charge is 0.0819 e. The van der Waals surface area contributed by atoms with E-state index in [1.165, 1.54) is 12.0 Å². The molecule has 0 bridgehead atoms. The zero-order chi connectivity index (χ0) is 6.97. The molecule has 0 aliphatic heterocycles. The van der Waals surface area contributed by atoms with E-state index in [0.29, 0.717) is 0 Å². The summed E-state index contributed by atoms with van der Waals surface area (Å²) in [4.78, 5) is 0. The second-order valence-corrected chi connectivity index (χ2v) is 4.37. The summed E-state index contributed by atoms with van der Waals surface area (Å²) in [6, 6.07) is 10.8. The Hall–Kier alpha value is -0.0500.